The van der Waals surface area contributed by atoms with Crippen molar-refractivity contribution in [2.75, 3.05) is 26.8 Å². The highest BCUT2D eigenvalue weighted by atomic mass is 35.5. The number of nitrogens with zero attached hydrogens (tertiary/aromatic N) is 1. The maximum absolute atomic E-state index is 13.7. The molecule has 0 bridgehead atoms. The van der Waals surface area contributed by atoms with Gasteiger partial charge < -0.3 is 15.0 Å². The topological polar surface area (TPSA) is 41.6 Å². The van der Waals surface area contributed by atoms with Crippen LogP contribution in [0.15, 0.2) is 18.2 Å². The van der Waals surface area contributed by atoms with Crippen molar-refractivity contribution in [3.05, 3.63) is 35.4 Å². The molecule has 0 radical (unpaired) electrons. The average Bonchev–Trinajstić information content (AvgIpc) is 3.27. The van der Waals surface area contributed by atoms with Gasteiger partial charge in [0.15, 0.2) is 0 Å². The number of nitrogens with one attached hydrogen (secondary N) is 1. The Kier molecular flexibility index (Phi) is 7.72. The molecular weight excluding hydrogens is 314 g/mol. The van der Waals surface area contributed by atoms with Crippen LogP contribution in [0.3, 0.4) is 0 Å². The fraction of sp³-hybridized carbons (Fsp3) is 0.533. The molecule has 0 aromatic heterocycles. The first-order valence-corrected chi connectivity index (χ1v) is 7.05. The van der Waals surface area contributed by atoms with Crippen molar-refractivity contribution in [1.29, 1.82) is 0 Å². The van der Waals surface area contributed by atoms with Crippen molar-refractivity contribution >= 4 is 18.3 Å². The molecule has 1 aliphatic carbocycles. The van der Waals surface area contributed by atoms with E-state index in [1.165, 1.54) is 12.1 Å². The molecule has 1 aromatic carbocycles. The summed E-state index contributed by atoms with van der Waals surface area (Å²) in [6.45, 7) is 1.50. The summed E-state index contributed by atoms with van der Waals surface area (Å²) >= 11 is 0. The third-order valence-electron chi connectivity index (χ3n) is 3.42. The number of amides is 1. The highest BCUT2D eigenvalue weighted by molar-refractivity contribution is 5.85. The zero-order valence-electron chi connectivity index (χ0n) is 12.5. The summed E-state index contributed by atoms with van der Waals surface area (Å²) in [5.74, 6) is -1.29. The smallest absolute Gasteiger partial charge is 0.237 e. The van der Waals surface area contributed by atoms with E-state index in [2.05, 4.69) is 5.32 Å². The molecule has 0 spiro atoms. The van der Waals surface area contributed by atoms with Gasteiger partial charge in [-0.25, -0.2) is 8.78 Å². The van der Waals surface area contributed by atoms with E-state index in [0.29, 0.717) is 18.7 Å². The largest absolute Gasteiger partial charge is 0.383 e. The number of halogens is 3. The van der Waals surface area contributed by atoms with Crippen LogP contribution in [0.25, 0.3) is 0 Å². The third-order valence-corrected chi connectivity index (χ3v) is 3.42. The second-order valence-corrected chi connectivity index (χ2v) is 5.16. The summed E-state index contributed by atoms with van der Waals surface area (Å²) in [6.07, 6.45) is 1.87. The van der Waals surface area contributed by atoms with E-state index in [-0.39, 0.29) is 37.4 Å². The van der Waals surface area contributed by atoms with Crippen molar-refractivity contribution < 1.29 is 18.3 Å². The molecule has 1 aliphatic rings. The minimum Gasteiger partial charge on any atom is -0.383 e. The minimum atomic E-state index is -0.610. The van der Waals surface area contributed by atoms with Crippen LogP contribution >= 0.6 is 12.4 Å². The van der Waals surface area contributed by atoms with E-state index in [1.54, 1.807) is 12.0 Å². The molecule has 2 rings (SSSR count). The van der Waals surface area contributed by atoms with Crippen LogP contribution in [0.1, 0.15) is 18.4 Å². The molecule has 4 nitrogen and oxygen atoms in total. The number of carbonyl (C=O) groups excluding carboxylic acids is 1. The van der Waals surface area contributed by atoms with Gasteiger partial charge in [-0.3, -0.25) is 4.79 Å². The molecule has 1 fully saturated rings. The first-order valence-electron chi connectivity index (χ1n) is 7.05. The first-order chi connectivity index (χ1) is 10.1. The van der Waals surface area contributed by atoms with E-state index >= 15 is 0 Å². The van der Waals surface area contributed by atoms with Crippen LogP contribution in [-0.4, -0.2) is 43.7 Å². The molecule has 1 saturated carbocycles. The number of carbonyl (C=O) groups is 1. The highest BCUT2D eigenvalue weighted by Crippen LogP contribution is 2.28. The molecule has 1 amide bonds. The molecule has 0 aliphatic heterocycles. The van der Waals surface area contributed by atoms with Crippen molar-refractivity contribution in [2.24, 2.45) is 0 Å². The van der Waals surface area contributed by atoms with Gasteiger partial charge in [0, 0.05) is 37.9 Å². The normalized spacial score (nSPS) is 13.6. The Morgan fingerprint density at radius 3 is 2.73 bits per heavy atom. The Morgan fingerprint density at radius 1 is 1.41 bits per heavy atom. The van der Waals surface area contributed by atoms with Crippen LogP contribution in [0, 0.1) is 11.6 Å². The van der Waals surface area contributed by atoms with E-state index in [1.807, 2.05) is 0 Å². The van der Waals surface area contributed by atoms with Crippen LogP contribution < -0.4 is 5.32 Å². The predicted molar refractivity (Wildman–Crippen MR) is 81.9 cm³/mol. The average molecular weight is 335 g/mol. The van der Waals surface area contributed by atoms with Crippen molar-refractivity contribution in [3.63, 3.8) is 0 Å². The number of benzene rings is 1. The molecule has 22 heavy (non-hydrogen) atoms. The van der Waals surface area contributed by atoms with Gasteiger partial charge in [0.05, 0.1) is 13.2 Å². The number of hydrogen-bond donors (Lipinski definition) is 1. The molecular formula is C15H21ClF2N2O2. The molecule has 0 unspecified atom stereocenters. The second-order valence-electron chi connectivity index (χ2n) is 5.16. The minimum absolute atomic E-state index is 0. The summed E-state index contributed by atoms with van der Waals surface area (Å²) in [5.41, 5.74) is 0.341. The number of methoxy groups -OCH3 is 1. The number of hydrogen-bond acceptors (Lipinski definition) is 3. The standard InChI is InChI=1S/C15H20F2N2O2.ClH/c1-21-7-6-18-9-15(20)19(13-4-5-13)10-11-2-3-12(16)8-14(11)17;/h2-3,8,13,18H,4-7,9-10H2,1H3;1H. The van der Waals surface area contributed by atoms with Crippen LogP contribution in [0.4, 0.5) is 8.78 Å². The first kappa shape index (κ1) is 18.8. The van der Waals surface area contributed by atoms with Gasteiger partial charge in [-0.2, -0.15) is 0 Å². The van der Waals surface area contributed by atoms with Crippen molar-refractivity contribution in [1.82, 2.24) is 10.2 Å². The van der Waals surface area contributed by atoms with Gasteiger partial charge in [-0.15, -0.1) is 12.4 Å². The number of rotatable bonds is 8. The molecule has 1 N–H and O–H groups in total. The number of ether oxygens (including phenoxy) is 1. The van der Waals surface area contributed by atoms with Gasteiger partial charge in [-0.05, 0) is 18.9 Å². The predicted octanol–water partition coefficient (Wildman–Crippen LogP) is 2.11. The SMILES string of the molecule is COCCNCC(=O)N(Cc1ccc(F)cc1F)C1CC1.Cl. The van der Waals surface area contributed by atoms with E-state index in [9.17, 15) is 13.6 Å². The van der Waals surface area contributed by atoms with Gasteiger partial charge in [-0.1, -0.05) is 6.07 Å². The second kappa shape index (κ2) is 9.02. The molecule has 1 aromatic rings. The molecule has 0 atom stereocenters. The Morgan fingerprint density at radius 2 is 2.14 bits per heavy atom. The van der Waals surface area contributed by atoms with Crippen LogP contribution in [-0.2, 0) is 16.1 Å². The van der Waals surface area contributed by atoms with E-state index in [4.69, 9.17) is 4.74 Å². The molecule has 124 valence electrons. The van der Waals surface area contributed by atoms with Crippen molar-refractivity contribution in [3.8, 4) is 0 Å². The summed E-state index contributed by atoms with van der Waals surface area (Å²) in [7, 11) is 1.59. The summed E-state index contributed by atoms with van der Waals surface area (Å²) in [6, 6.07) is 3.63. The Labute approximate surface area is 135 Å². The lowest BCUT2D eigenvalue weighted by Crippen LogP contribution is -2.40. The fourth-order valence-electron chi connectivity index (χ4n) is 2.11. The fourth-order valence-corrected chi connectivity index (χ4v) is 2.11. The zero-order valence-corrected chi connectivity index (χ0v) is 13.3. The molecule has 0 saturated heterocycles. The van der Waals surface area contributed by atoms with Gasteiger partial charge in [0.2, 0.25) is 5.91 Å². The van der Waals surface area contributed by atoms with Crippen LogP contribution in [0.5, 0.6) is 0 Å². The van der Waals surface area contributed by atoms with E-state index in [0.717, 1.165) is 18.9 Å². The lowest BCUT2D eigenvalue weighted by atomic mass is 10.2. The van der Waals surface area contributed by atoms with Gasteiger partial charge >= 0.3 is 0 Å². The molecule has 7 heteroatoms. The monoisotopic (exact) mass is 334 g/mol. The lowest BCUT2D eigenvalue weighted by Gasteiger charge is -2.23. The quantitative estimate of drug-likeness (QED) is 0.740. The highest BCUT2D eigenvalue weighted by Gasteiger charge is 2.32. The maximum Gasteiger partial charge on any atom is 0.237 e. The van der Waals surface area contributed by atoms with Gasteiger partial charge in [0.25, 0.3) is 0 Å². The summed E-state index contributed by atoms with van der Waals surface area (Å²) in [4.78, 5) is 13.9. The van der Waals surface area contributed by atoms with Crippen molar-refractivity contribution in [2.45, 2.75) is 25.4 Å². The van der Waals surface area contributed by atoms with Gasteiger partial charge in [0.1, 0.15) is 11.6 Å². The Bertz CT molecular complexity index is 498. The Balaban J connectivity index is 0.00000242. The van der Waals surface area contributed by atoms with Crippen LogP contribution in [0.2, 0.25) is 0 Å². The summed E-state index contributed by atoms with van der Waals surface area (Å²) in [5, 5.41) is 2.99. The third kappa shape index (κ3) is 5.51. The lowest BCUT2D eigenvalue weighted by molar-refractivity contribution is -0.131. The zero-order chi connectivity index (χ0) is 15.2. The Hall–Kier alpha value is -1.24. The maximum atomic E-state index is 13.7. The molecule has 0 heterocycles. The summed E-state index contributed by atoms with van der Waals surface area (Å²) < 4.78 is 31.5. The van der Waals surface area contributed by atoms with E-state index < -0.39 is 11.6 Å².